The van der Waals surface area contributed by atoms with Gasteiger partial charge < -0.3 is 15.0 Å². The van der Waals surface area contributed by atoms with E-state index >= 15 is 0 Å². The fourth-order valence-corrected chi connectivity index (χ4v) is 2.27. The maximum atomic E-state index is 12.4. The zero-order chi connectivity index (χ0) is 15.3. The Bertz CT molecular complexity index is 597. The Balaban J connectivity index is 3.26. The second kappa shape index (κ2) is 6.90. The van der Waals surface area contributed by atoms with E-state index in [1.165, 1.54) is 6.08 Å². The molecular weight excluding hydrogens is 282 g/mol. The molecule has 0 aliphatic rings. The zero-order valence-corrected chi connectivity index (χ0v) is 12.0. The number of amides is 1. The fraction of sp³-hybridized carbons (Fsp3) is 0.333. The maximum absolute atomic E-state index is 12.4. The first kappa shape index (κ1) is 16.0. The average Bonchev–Trinajstić information content (AvgIpc) is 2.36. The lowest BCUT2D eigenvalue weighted by Crippen LogP contribution is -2.37. The van der Waals surface area contributed by atoms with E-state index in [-0.39, 0.29) is 17.1 Å². The summed E-state index contributed by atoms with van der Waals surface area (Å²) in [5.74, 6) is -1.63. The molecule has 7 nitrogen and oxygen atoms in total. The quantitative estimate of drug-likeness (QED) is 0.450. The lowest BCUT2D eigenvalue weighted by atomic mass is 10.2. The smallest absolute Gasteiger partial charge is 0.346 e. The number of aromatic nitrogens is 2. The summed E-state index contributed by atoms with van der Waals surface area (Å²) in [6.45, 7) is 4.72. The third kappa shape index (κ3) is 3.70. The fourth-order valence-electron chi connectivity index (χ4n) is 1.66. The van der Waals surface area contributed by atoms with Crippen LogP contribution in [0, 0.1) is 6.92 Å². The summed E-state index contributed by atoms with van der Waals surface area (Å²) < 4.78 is 0. The number of aliphatic carboxylic acids is 1. The van der Waals surface area contributed by atoms with Gasteiger partial charge in [0.15, 0.2) is 0 Å². The van der Waals surface area contributed by atoms with Gasteiger partial charge in [0.2, 0.25) is 0 Å². The van der Waals surface area contributed by atoms with Crippen LogP contribution in [0.1, 0.15) is 16.1 Å². The number of hydrogen-bond donors (Lipinski definition) is 2. The number of H-pyrrole nitrogens is 1. The molecule has 0 saturated carbocycles. The van der Waals surface area contributed by atoms with Crippen LogP contribution in [-0.4, -0.2) is 51.2 Å². The van der Waals surface area contributed by atoms with E-state index in [4.69, 9.17) is 5.11 Å². The highest BCUT2D eigenvalue weighted by Crippen LogP contribution is 2.19. The topological polar surface area (TPSA) is 103 Å². The van der Waals surface area contributed by atoms with E-state index < -0.39 is 24.1 Å². The minimum atomic E-state index is -1.12. The van der Waals surface area contributed by atoms with Crippen molar-refractivity contribution in [3.05, 3.63) is 34.4 Å². The number of aromatic amines is 1. The molecule has 0 saturated heterocycles. The summed E-state index contributed by atoms with van der Waals surface area (Å²) >= 11 is 1.15. The molecule has 0 aliphatic heterocycles. The van der Waals surface area contributed by atoms with Gasteiger partial charge in [-0.25, -0.2) is 4.79 Å². The first-order valence-corrected chi connectivity index (χ1v) is 6.90. The SMILES string of the molecule is C=CCN(CC(=O)O)C(=O)c1c(SC)nc(=O)[nH]c1C. The number of rotatable bonds is 6. The molecular formula is C12H15N3O4S. The van der Waals surface area contributed by atoms with Gasteiger partial charge in [-0.15, -0.1) is 18.3 Å². The predicted molar refractivity (Wildman–Crippen MR) is 75.1 cm³/mol. The number of hydrogen-bond acceptors (Lipinski definition) is 5. The van der Waals surface area contributed by atoms with E-state index in [0.717, 1.165) is 16.7 Å². The normalized spacial score (nSPS) is 10.1. The summed E-state index contributed by atoms with van der Waals surface area (Å²) in [6, 6.07) is 0. The maximum Gasteiger partial charge on any atom is 0.346 e. The van der Waals surface area contributed by atoms with Crippen molar-refractivity contribution in [2.45, 2.75) is 11.9 Å². The molecule has 0 spiro atoms. The Morgan fingerprint density at radius 1 is 1.55 bits per heavy atom. The number of carbonyl (C=O) groups is 2. The van der Waals surface area contributed by atoms with Crippen LogP contribution in [0.5, 0.6) is 0 Å². The molecule has 0 aromatic carbocycles. The number of carbonyl (C=O) groups excluding carboxylic acids is 1. The molecule has 0 bridgehead atoms. The highest BCUT2D eigenvalue weighted by molar-refractivity contribution is 7.98. The number of thioether (sulfide) groups is 1. The molecule has 20 heavy (non-hydrogen) atoms. The minimum absolute atomic E-state index is 0.0948. The van der Waals surface area contributed by atoms with Gasteiger partial charge in [-0.2, -0.15) is 4.98 Å². The summed E-state index contributed by atoms with van der Waals surface area (Å²) in [5.41, 5.74) is 0.0240. The van der Waals surface area contributed by atoms with Crippen molar-refractivity contribution in [2.75, 3.05) is 19.3 Å². The van der Waals surface area contributed by atoms with E-state index in [2.05, 4.69) is 16.5 Å². The number of carboxylic acid groups (broad SMARTS) is 1. The second-order valence-corrected chi connectivity index (χ2v) is 4.71. The molecule has 1 rings (SSSR count). The largest absolute Gasteiger partial charge is 0.480 e. The van der Waals surface area contributed by atoms with Crippen molar-refractivity contribution in [1.82, 2.24) is 14.9 Å². The van der Waals surface area contributed by atoms with Crippen LogP contribution in [0.25, 0.3) is 0 Å². The first-order chi connectivity index (χ1) is 9.40. The van der Waals surface area contributed by atoms with Crippen molar-refractivity contribution in [2.24, 2.45) is 0 Å². The van der Waals surface area contributed by atoms with E-state index in [1.54, 1.807) is 13.2 Å². The second-order valence-electron chi connectivity index (χ2n) is 3.92. The molecule has 1 aromatic heterocycles. The Morgan fingerprint density at radius 2 is 2.20 bits per heavy atom. The van der Waals surface area contributed by atoms with Crippen molar-refractivity contribution >= 4 is 23.6 Å². The average molecular weight is 297 g/mol. The van der Waals surface area contributed by atoms with Crippen LogP contribution in [0.15, 0.2) is 22.5 Å². The molecule has 1 aromatic rings. The summed E-state index contributed by atoms with van der Waals surface area (Å²) in [4.78, 5) is 41.8. The van der Waals surface area contributed by atoms with Crippen LogP contribution in [0.3, 0.4) is 0 Å². The van der Waals surface area contributed by atoms with E-state index in [1.807, 2.05) is 0 Å². The van der Waals surface area contributed by atoms with Crippen LogP contribution in [0.4, 0.5) is 0 Å². The number of nitrogens with one attached hydrogen (secondary N) is 1. The van der Waals surface area contributed by atoms with Crippen LogP contribution >= 0.6 is 11.8 Å². The van der Waals surface area contributed by atoms with Crippen LogP contribution in [0.2, 0.25) is 0 Å². The molecule has 0 atom stereocenters. The molecule has 0 fully saturated rings. The minimum Gasteiger partial charge on any atom is -0.480 e. The third-order valence-corrected chi connectivity index (χ3v) is 3.14. The summed E-state index contributed by atoms with van der Waals surface area (Å²) in [7, 11) is 0. The van der Waals surface area contributed by atoms with E-state index in [0.29, 0.717) is 5.69 Å². The van der Waals surface area contributed by atoms with Gasteiger partial charge in [-0.3, -0.25) is 9.59 Å². The Kier molecular flexibility index (Phi) is 5.51. The third-order valence-electron chi connectivity index (χ3n) is 2.46. The standard InChI is InChI=1S/C12H15N3O4S/c1-4-5-15(6-8(16)17)11(18)9-7(2)13-12(19)14-10(9)20-3/h4H,1,5-6H2,2-3H3,(H,16,17)(H,13,14,19). The van der Waals surface area contributed by atoms with Gasteiger partial charge in [-0.05, 0) is 13.2 Å². The monoisotopic (exact) mass is 297 g/mol. The Hall–Kier alpha value is -2.09. The van der Waals surface area contributed by atoms with Gasteiger partial charge in [0, 0.05) is 12.2 Å². The lowest BCUT2D eigenvalue weighted by molar-refractivity contribution is -0.137. The molecule has 0 aliphatic carbocycles. The molecule has 8 heteroatoms. The predicted octanol–water partition coefficient (Wildman–Crippen LogP) is 0.513. The Morgan fingerprint density at radius 3 is 2.70 bits per heavy atom. The van der Waals surface area contributed by atoms with Crippen molar-refractivity contribution < 1.29 is 14.7 Å². The molecule has 0 unspecified atom stereocenters. The van der Waals surface area contributed by atoms with Crippen LogP contribution in [-0.2, 0) is 4.79 Å². The van der Waals surface area contributed by atoms with Crippen molar-refractivity contribution in [3.63, 3.8) is 0 Å². The number of carboxylic acids is 1. The summed E-state index contributed by atoms with van der Waals surface area (Å²) in [5, 5.41) is 9.11. The molecule has 0 radical (unpaired) electrons. The van der Waals surface area contributed by atoms with Gasteiger partial charge in [0.25, 0.3) is 5.91 Å². The van der Waals surface area contributed by atoms with Gasteiger partial charge in [-0.1, -0.05) is 6.08 Å². The van der Waals surface area contributed by atoms with Gasteiger partial charge >= 0.3 is 11.7 Å². The lowest BCUT2D eigenvalue weighted by Gasteiger charge is -2.20. The Labute approximate surface area is 119 Å². The molecule has 1 heterocycles. The van der Waals surface area contributed by atoms with Gasteiger partial charge in [0.1, 0.15) is 11.6 Å². The van der Waals surface area contributed by atoms with Crippen molar-refractivity contribution in [1.29, 1.82) is 0 Å². The molecule has 2 N–H and O–H groups in total. The highest BCUT2D eigenvalue weighted by Gasteiger charge is 2.23. The number of nitrogens with zero attached hydrogens (tertiary/aromatic N) is 2. The molecule has 1 amide bonds. The number of aryl methyl sites for hydroxylation is 1. The van der Waals surface area contributed by atoms with Gasteiger partial charge in [0.05, 0.1) is 5.56 Å². The summed E-state index contributed by atoms with van der Waals surface area (Å²) in [6.07, 6.45) is 3.13. The van der Waals surface area contributed by atoms with Crippen LogP contribution < -0.4 is 5.69 Å². The first-order valence-electron chi connectivity index (χ1n) is 5.67. The molecule has 108 valence electrons. The zero-order valence-electron chi connectivity index (χ0n) is 11.2. The highest BCUT2D eigenvalue weighted by atomic mass is 32.2. The van der Waals surface area contributed by atoms with E-state index in [9.17, 15) is 14.4 Å². The van der Waals surface area contributed by atoms with Crippen molar-refractivity contribution in [3.8, 4) is 0 Å².